The molecule has 110 valence electrons. The molecule has 21 heavy (non-hydrogen) atoms. The summed E-state index contributed by atoms with van der Waals surface area (Å²) in [4.78, 5) is 10.5. The third-order valence-electron chi connectivity index (χ3n) is 3.56. The van der Waals surface area contributed by atoms with Crippen molar-refractivity contribution in [3.8, 4) is 5.75 Å². The fourth-order valence-corrected chi connectivity index (χ4v) is 2.15. The number of nitrogens with zero attached hydrogens (tertiary/aromatic N) is 1. The molecule has 2 aromatic carbocycles. The van der Waals surface area contributed by atoms with E-state index < -0.39 is 11.0 Å². The largest absolute Gasteiger partial charge is 0.490 e. The lowest BCUT2D eigenvalue weighted by Crippen LogP contribution is -2.02. The van der Waals surface area contributed by atoms with Crippen molar-refractivity contribution in [2.45, 2.75) is 20.0 Å². The molecular weight excluding hydrogens is 270 g/mol. The van der Waals surface area contributed by atoms with E-state index in [2.05, 4.69) is 0 Å². The van der Waals surface area contributed by atoms with E-state index in [-0.39, 0.29) is 11.4 Å². The molecule has 0 aromatic heterocycles. The van der Waals surface area contributed by atoms with Crippen LogP contribution in [0.25, 0.3) is 0 Å². The van der Waals surface area contributed by atoms with Gasteiger partial charge in [0.05, 0.1) is 12.0 Å². The summed E-state index contributed by atoms with van der Waals surface area (Å²) in [6.07, 6.45) is -0.908. The zero-order valence-corrected chi connectivity index (χ0v) is 12.2. The van der Waals surface area contributed by atoms with Gasteiger partial charge in [-0.25, -0.2) is 0 Å². The fourth-order valence-electron chi connectivity index (χ4n) is 2.15. The smallest absolute Gasteiger partial charge is 0.311 e. The van der Waals surface area contributed by atoms with Crippen molar-refractivity contribution < 1.29 is 14.8 Å². The van der Waals surface area contributed by atoms with E-state index in [0.29, 0.717) is 11.1 Å². The molecule has 1 unspecified atom stereocenters. The lowest BCUT2D eigenvalue weighted by Gasteiger charge is -2.14. The second kappa shape index (κ2) is 5.93. The number of ether oxygens (including phenoxy) is 1. The maximum Gasteiger partial charge on any atom is 0.311 e. The average molecular weight is 287 g/mol. The van der Waals surface area contributed by atoms with Gasteiger partial charge in [0.2, 0.25) is 0 Å². The SMILES string of the molecule is COc1ccc(C(O)c2ccc(C)c(C)c2)cc1[N+](=O)[O-]. The van der Waals surface area contributed by atoms with Crippen LogP contribution in [-0.2, 0) is 0 Å². The van der Waals surface area contributed by atoms with E-state index >= 15 is 0 Å². The molecule has 2 aromatic rings. The first-order chi connectivity index (χ1) is 9.93. The molecule has 1 N–H and O–H groups in total. The van der Waals surface area contributed by atoms with Crippen molar-refractivity contribution in [3.63, 3.8) is 0 Å². The molecule has 0 aliphatic rings. The van der Waals surface area contributed by atoms with Crippen molar-refractivity contribution in [2.75, 3.05) is 7.11 Å². The van der Waals surface area contributed by atoms with Crippen LogP contribution in [0.1, 0.15) is 28.4 Å². The zero-order valence-electron chi connectivity index (χ0n) is 12.2. The highest BCUT2D eigenvalue weighted by Gasteiger charge is 2.19. The van der Waals surface area contributed by atoms with Crippen LogP contribution in [0, 0.1) is 24.0 Å². The molecule has 5 nitrogen and oxygen atoms in total. The Hall–Kier alpha value is -2.40. The Labute approximate surface area is 123 Å². The zero-order chi connectivity index (χ0) is 15.6. The van der Waals surface area contributed by atoms with Crippen LogP contribution >= 0.6 is 0 Å². The number of nitro groups is 1. The number of hydrogen-bond acceptors (Lipinski definition) is 4. The van der Waals surface area contributed by atoms with Crippen LogP contribution in [0.3, 0.4) is 0 Å². The van der Waals surface area contributed by atoms with Crippen molar-refractivity contribution in [1.29, 1.82) is 0 Å². The van der Waals surface area contributed by atoms with E-state index in [1.54, 1.807) is 6.07 Å². The Balaban J connectivity index is 2.43. The first-order valence-corrected chi connectivity index (χ1v) is 6.51. The van der Waals surface area contributed by atoms with Crippen LogP contribution in [0.2, 0.25) is 0 Å². The van der Waals surface area contributed by atoms with E-state index in [0.717, 1.165) is 11.1 Å². The summed E-state index contributed by atoms with van der Waals surface area (Å²) < 4.78 is 4.96. The first-order valence-electron chi connectivity index (χ1n) is 6.51. The number of hydrogen-bond donors (Lipinski definition) is 1. The number of methoxy groups -OCH3 is 1. The quantitative estimate of drug-likeness (QED) is 0.691. The molecule has 0 heterocycles. The molecule has 2 rings (SSSR count). The summed E-state index contributed by atoms with van der Waals surface area (Å²) in [5, 5.41) is 21.4. The summed E-state index contributed by atoms with van der Waals surface area (Å²) in [7, 11) is 1.38. The van der Waals surface area contributed by atoms with E-state index in [1.807, 2.05) is 32.0 Å². The summed E-state index contributed by atoms with van der Waals surface area (Å²) in [5.41, 5.74) is 3.21. The average Bonchev–Trinajstić information content (AvgIpc) is 2.48. The van der Waals surface area contributed by atoms with Crippen molar-refractivity contribution in [3.05, 3.63) is 68.8 Å². The van der Waals surface area contributed by atoms with E-state index in [9.17, 15) is 15.2 Å². The van der Waals surface area contributed by atoms with E-state index in [1.165, 1.54) is 19.2 Å². The van der Waals surface area contributed by atoms with Crippen LogP contribution in [-0.4, -0.2) is 17.1 Å². The number of aryl methyl sites for hydroxylation is 2. The molecule has 0 bridgehead atoms. The predicted molar refractivity (Wildman–Crippen MR) is 79.6 cm³/mol. The van der Waals surface area contributed by atoms with Gasteiger partial charge in [-0.1, -0.05) is 24.3 Å². The lowest BCUT2D eigenvalue weighted by atomic mass is 9.97. The minimum atomic E-state index is -0.908. The number of aliphatic hydroxyl groups is 1. The molecule has 0 aliphatic heterocycles. The molecule has 0 saturated heterocycles. The van der Waals surface area contributed by atoms with Gasteiger partial charge in [0, 0.05) is 6.07 Å². The van der Waals surface area contributed by atoms with Gasteiger partial charge in [0.1, 0.15) is 6.10 Å². The van der Waals surface area contributed by atoms with Gasteiger partial charge >= 0.3 is 5.69 Å². The Kier molecular flexibility index (Phi) is 4.23. The predicted octanol–water partition coefficient (Wildman–Crippen LogP) is 3.30. The summed E-state index contributed by atoms with van der Waals surface area (Å²) >= 11 is 0. The standard InChI is InChI=1S/C16H17NO4/c1-10-4-5-12(8-11(10)2)16(18)13-6-7-15(21-3)14(9-13)17(19)20/h4-9,16,18H,1-3H3. The normalized spacial score (nSPS) is 12.0. The first kappa shape index (κ1) is 15.0. The van der Waals surface area contributed by atoms with Crippen molar-refractivity contribution in [1.82, 2.24) is 0 Å². The number of rotatable bonds is 4. The van der Waals surface area contributed by atoms with Gasteiger partial charge < -0.3 is 9.84 Å². The number of nitro benzene ring substituents is 1. The lowest BCUT2D eigenvalue weighted by molar-refractivity contribution is -0.385. The topological polar surface area (TPSA) is 72.6 Å². The van der Waals surface area contributed by atoms with Gasteiger partial charge in [0.15, 0.2) is 5.75 Å². The van der Waals surface area contributed by atoms with Crippen LogP contribution < -0.4 is 4.74 Å². The van der Waals surface area contributed by atoms with Crippen molar-refractivity contribution >= 4 is 5.69 Å². The number of aliphatic hydroxyl groups excluding tert-OH is 1. The van der Waals surface area contributed by atoms with Crippen molar-refractivity contribution in [2.24, 2.45) is 0 Å². The molecule has 0 radical (unpaired) electrons. The minimum absolute atomic E-state index is 0.155. The Bertz CT molecular complexity index is 682. The van der Waals surface area contributed by atoms with E-state index in [4.69, 9.17) is 4.74 Å². The second-order valence-corrected chi connectivity index (χ2v) is 4.93. The summed E-state index contributed by atoms with van der Waals surface area (Å²) in [5.74, 6) is 0.177. The summed E-state index contributed by atoms with van der Waals surface area (Å²) in [6, 6.07) is 10.1. The molecule has 0 fully saturated rings. The summed E-state index contributed by atoms with van der Waals surface area (Å²) in [6.45, 7) is 3.95. The maximum atomic E-state index is 11.0. The van der Waals surface area contributed by atoms with Crippen LogP contribution in [0.5, 0.6) is 5.75 Å². The maximum absolute atomic E-state index is 11.0. The van der Waals surface area contributed by atoms with Gasteiger partial charge in [0.25, 0.3) is 0 Å². The van der Waals surface area contributed by atoms with Crippen LogP contribution in [0.4, 0.5) is 5.69 Å². The second-order valence-electron chi connectivity index (χ2n) is 4.93. The molecule has 0 saturated carbocycles. The molecular formula is C16H17NO4. The monoisotopic (exact) mass is 287 g/mol. The Morgan fingerprint density at radius 2 is 1.71 bits per heavy atom. The van der Waals surface area contributed by atoms with Gasteiger partial charge in [-0.05, 0) is 42.2 Å². The number of benzene rings is 2. The molecule has 1 atom stereocenters. The fraction of sp³-hybridized carbons (Fsp3) is 0.250. The third kappa shape index (κ3) is 3.03. The highest BCUT2D eigenvalue weighted by molar-refractivity contribution is 5.50. The highest BCUT2D eigenvalue weighted by Crippen LogP contribution is 2.32. The molecule has 5 heteroatoms. The highest BCUT2D eigenvalue weighted by atomic mass is 16.6. The molecule has 0 amide bonds. The minimum Gasteiger partial charge on any atom is -0.490 e. The third-order valence-corrected chi connectivity index (χ3v) is 3.56. The Morgan fingerprint density at radius 3 is 2.29 bits per heavy atom. The van der Waals surface area contributed by atoms with Gasteiger partial charge in [-0.3, -0.25) is 10.1 Å². The molecule has 0 spiro atoms. The Morgan fingerprint density at radius 1 is 1.10 bits per heavy atom. The van der Waals surface area contributed by atoms with Gasteiger partial charge in [-0.2, -0.15) is 0 Å². The molecule has 0 aliphatic carbocycles. The van der Waals surface area contributed by atoms with Crippen LogP contribution in [0.15, 0.2) is 36.4 Å². The van der Waals surface area contributed by atoms with Gasteiger partial charge in [-0.15, -0.1) is 0 Å².